The Kier molecular flexibility index (Phi) is 3.50. The highest BCUT2D eigenvalue weighted by Gasteiger charge is 2.13. The first-order valence-corrected chi connectivity index (χ1v) is 7.93. The van der Waals surface area contributed by atoms with Crippen molar-refractivity contribution >= 4 is 11.0 Å². The van der Waals surface area contributed by atoms with Gasteiger partial charge in [0.05, 0.1) is 0 Å². The summed E-state index contributed by atoms with van der Waals surface area (Å²) in [6.07, 6.45) is 0. The lowest BCUT2D eigenvalue weighted by Gasteiger charge is -2.14. The number of aromatic hydroxyl groups is 1. The molecule has 0 saturated carbocycles. The van der Waals surface area contributed by atoms with E-state index < -0.39 is 0 Å². The number of aromatic nitrogens is 3. The SMILES string of the molecule is CC(c1ccccc1)c1ccc(O)c(-n2nc3ccccc3n2)c1. The maximum absolute atomic E-state index is 10.3. The zero-order valence-corrected chi connectivity index (χ0v) is 13.3. The number of benzene rings is 3. The Labute approximate surface area is 140 Å². The van der Waals surface area contributed by atoms with Gasteiger partial charge in [-0.3, -0.25) is 0 Å². The summed E-state index contributed by atoms with van der Waals surface area (Å²) in [4.78, 5) is 1.50. The van der Waals surface area contributed by atoms with Crippen LogP contribution < -0.4 is 0 Å². The van der Waals surface area contributed by atoms with Crippen molar-refractivity contribution in [3.05, 3.63) is 83.9 Å². The van der Waals surface area contributed by atoms with Gasteiger partial charge in [-0.1, -0.05) is 55.5 Å². The molecule has 3 aromatic carbocycles. The molecular formula is C20H17N3O. The fraction of sp³-hybridized carbons (Fsp3) is 0.100. The molecule has 4 heteroatoms. The molecule has 24 heavy (non-hydrogen) atoms. The highest BCUT2D eigenvalue weighted by Crippen LogP contribution is 2.30. The van der Waals surface area contributed by atoms with Crippen molar-refractivity contribution in [3.63, 3.8) is 0 Å². The van der Waals surface area contributed by atoms with Crippen LogP contribution in [0.3, 0.4) is 0 Å². The summed E-state index contributed by atoms with van der Waals surface area (Å²) in [6, 6.07) is 23.6. The van der Waals surface area contributed by atoms with Gasteiger partial charge in [0.25, 0.3) is 0 Å². The van der Waals surface area contributed by atoms with Crippen LogP contribution in [-0.4, -0.2) is 20.1 Å². The molecule has 4 nitrogen and oxygen atoms in total. The standard InChI is InChI=1S/C20H17N3O/c1-14(15-7-3-2-4-8-15)16-11-12-20(24)19(13-16)23-21-17-9-5-6-10-18(17)22-23/h2-14,24H,1H3. The fourth-order valence-corrected chi connectivity index (χ4v) is 2.87. The molecule has 0 saturated heterocycles. The summed E-state index contributed by atoms with van der Waals surface area (Å²) >= 11 is 0. The van der Waals surface area contributed by atoms with Gasteiger partial charge in [-0.25, -0.2) is 0 Å². The van der Waals surface area contributed by atoms with E-state index in [4.69, 9.17) is 0 Å². The van der Waals surface area contributed by atoms with E-state index in [0.717, 1.165) is 16.6 Å². The average molecular weight is 315 g/mol. The Morgan fingerprint density at radius 2 is 1.42 bits per heavy atom. The van der Waals surface area contributed by atoms with E-state index in [1.807, 2.05) is 54.6 Å². The van der Waals surface area contributed by atoms with Crippen LogP contribution in [0.25, 0.3) is 16.7 Å². The third kappa shape index (κ3) is 2.52. The highest BCUT2D eigenvalue weighted by molar-refractivity contribution is 5.73. The molecule has 0 fully saturated rings. The maximum atomic E-state index is 10.3. The van der Waals surface area contributed by atoms with Crippen molar-refractivity contribution in [3.8, 4) is 11.4 Å². The smallest absolute Gasteiger partial charge is 0.143 e. The molecule has 1 heterocycles. The lowest BCUT2D eigenvalue weighted by Crippen LogP contribution is -2.02. The number of rotatable bonds is 3. The van der Waals surface area contributed by atoms with Crippen LogP contribution in [-0.2, 0) is 0 Å². The number of phenols is 1. The summed E-state index contributed by atoms with van der Waals surface area (Å²) in [6.45, 7) is 2.15. The van der Waals surface area contributed by atoms with Gasteiger partial charge in [-0.05, 0) is 35.4 Å². The first-order valence-electron chi connectivity index (χ1n) is 7.93. The summed E-state index contributed by atoms with van der Waals surface area (Å²) in [7, 11) is 0. The number of nitrogens with zero attached hydrogens (tertiary/aromatic N) is 3. The first-order chi connectivity index (χ1) is 11.7. The molecule has 118 valence electrons. The molecular weight excluding hydrogens is 298 g/mol. The highest BCUT2D eigenvalue weighted by atomic mass is 16.3. The van der Waals surface area contributed by atoms with E-state index in [0.29, 0.717) is 5.69 Å². The molecule has 1 atom stereocenters. The third-order valence-electron chi connectivity index (χ3n) is 4.30. The first kappa shape index (κ1) is 14.5. The summed E-state index contributed by atoms with van der Waals surface area (Å²) < 4.78 is 0. The van der Waals surface area contributed by atoms with Crippen LogP contribution in [0.1, 0.15) is 24.0 Å². The maximum Gasteiger partial charge on any atom is 0.143 e. The monoisotopic (exact) mass is 315 g/mol. The quantitative estimate of drug-likeness (QED) is 0.614. The van der Waals surface area contributed by atoms with Crippen molar-refractivity contribution < 1.29 is 5.11 Å². The van der Waals surface area contributed by atoms with E-state index in [1.54, 1.807) is 6.07 Å². The lowest BCUT2D eigenvalue weighted by atomic mass is 9.93. The Bertz CT molecular complexity index is 959. The molecule has 4 aromatic rings. The largest absolute Gasteiger partial charge is 0.506 e. The van der Waals surface area contributed by atoms with Gasteiger partial charge in [0.2, 0.25) is 0 Å². The number of hydrogen-bond donors (Lipinski definition) is 1. The summed E-state index contributed by atoms with van der Waals surface area (Å²) in [5.74, 6) is 0.384. The Morgan fingerprint density at radius 1 is 0.792 bits per heavy atom. The third-order valence-corrected chi connectivity index (χ3v) is 4.30. The lowest BCUT2D eigenvalue weighted by molar-refractivity contribution is 0.467. The minimum atomic E-state index is 0.166. The Balaban J connectivity index is 1.79. The molecule has 0 radical (unpaired) electrons. The van der Waals surface area contributed by atoms with Gasteiger partial charge in [-0.15, -0.1) is 15.0 Å². The number of hydrogen-bond acceptors (Lipinski definition) is 3. The molecule has 0 spiro atoms. The Morgan fingerprint density at radius 3 is 2.08 bits per heavy atom. The average Bonchev–Trinajstić information content (AvgIpc) is 3.06. The molecule has 1 N–H and O–H groups in total. The molecule has 0 aliphatic heterocycles. The van der Waals surface area contributed by atoms with E-state index in [9.17, 15) is 5.11 Å². The second-order valence-corrected chi connectivity index (χ2v) is 5.86. The van der Waals surface area contributed by atoms with Gasteiger partial charge in [0, 0.05) is 5.92 Å². The molecule has 0 aliphatic carbocycles. The topological polar surface area (TPSA) is 50.9 Å². The minimum absolute atomic E-state index is 0.166. The Hall–Kier alpha value is -3.14. The van der Waals surface area contributed by atoms with Gasteiger partial charge < -0.3 is 5.11 Å². The van der Waals surface area contributed by atoms with E-state index >= 15 is 0 Å². The zero-order chi connectivity index (χ0) is 16.5. The van der Waals surface area contributed by atoms with Crippen molar-refractivity contribution in [2.24, 2.45) is 0 Å². The van der Waals surface area contributed by atoms with Crippen LogP contribution in [0.2, 0.25) is 0 Å². The van der Waals surface area contributed by atoms with Gasteiger partial charge >= 0.3 is 0 Å². The van der Waals surface area contributed by atoms with Gasteiger partial charge in [-0.2, -0.15) is 0 Å². The van der Waals surface area contributed by atoms with Crippen LogP contribution in [0.5, 0.6) is 5.75 Å². The predicted octanol–water partition coefficient (Wildman–Crippen LogP) is 4.28. The predicted molar refractivity (Wildman–Crippen MR) is 94.5 cm³/mol. The minimum Gasteiger partial charge on any atom is -0.506 e. The van der Waals surface area contributed by atoms with Crippen molar-refractivity contribution in [1.29, 1.82) is 0 Å². The summed E-state index contributed by atoms with van der Waals surface area (Å²) in [5.41, 5.74) is 4.53. The van der Waals surface area contributed by atoms with Gasteiger partial charge in [0.15, 0.2) is 0 Å². The molecule has 0 amide bonds. The van der Waals surface area contributed by atoms with Gasteiger partial charge in [0.1, 0.15) is 22.5 Å². The fourth-order valence-electron chi connectivity index (χ4n) is 2.87. The molecule has 0 aliphatic rings. The molecule has 1 aromatic heterocycles. The number of fused-ring (bicyclic) bond motifs is 1. The van der Waals surface area contributed by atoms with Crippen molar-refractivity contribution in [2.45, 2.75) is 12.8 Å². The second-order valence-electron chi connectivity index (χ2n) is 5.86. The molecule has 0 bridgehead atoms. The molecule has 1 unspecified atom stereocenters. The number of phenolic OH excluding ortho intramolecular Hbond substituents is 1. The normalized spacial score (nSPS) is 12.4. The van der Waals surface area contributed by atoms with Crippen molar-refractivity contribution in [1.82, 2.24) is 15.0 Å². The van der Waals surface area contributed by atoms with Crippen LogP contribution in [0.4, 0.5) is 0 Å². The van der Waals surface area contributed by atoms with Crippen LogP contribution in [0.15, 0.2) is 72.8 Å². The van der Waals surface area contributed by atoms with E-state index in [2.05, 4.69) is 29.3 Å². The zero-order valence-electron chi connectivity index (χ0n) is 13.3. The van der Waals surface area contributed by atoms with E-state index in [-0.39, 0.29) is 11.7 Å². The van der Waals surface area contributed by atoms with E-state index in [1.165, 1.54) is 10.4 Å². The molecule has 4 rings (SSSR count). The van der Waals surface area contributed by atoms with Crippen molar-refractivity contribution in [2.75, 3.05) is 0 Å². The van der Waals surface area contributed by atoms with Crippen LogP contribution in [0, 0.1) is 0 Å². The summed E-state index contributed by atoms with van der Waals surface area (Å²) in [5, 5.41) is 19.2. The van der Waals surface area contributed by atoms with Crippen LogP contribution >= 0.6 is 0 Å². The second kappa shape index (κ2) is 5.81.